The molecule has 1 N–H and O–H groups in total. The van der Waals surface area contributed by atoms with Gasteiger partial charge in [-0.15, -0.1) is 0 Å². The van der Waals surface area contributed by atoms with E-state index in [1.54, 1.807) is 12.1 Å². The molecule has 0 spiro atoms. The molecule has 0 amide bonds. The average Bonchev–Trinajstić information content (AvgIpc) is 2.69. The van der Waals surface area contributed by atoms with E-state index in [4.69, 9.17) is 33.0 Å². The summed E-state index contributed by atoms with van der Waals surface area (Å²) < 4.78 is 7.32. The van der Waals surface area contributed by atoms with Crippen LogP contribution in [-0.2, 0) is 4.79 Å². The normalized spacial score (nSPS) is 12.6. The number of rotatable bonds is 6. The monoisotopic (exact) mass is 525 g/mol. The van der Waals surface area contributed by atoms with Crippen LogP contribution >= 0.6 is 39.1 Å². The third-order valence-corrected chi connectivity index (χ3v) is 5.39. The number of carboxylic acids is 1. The second kappa shape index (κ2) is 9.38. The summed E-state index contributed by atoms with van der Waals surface area (Å²) in [4.78, 5) is 28.7. The van der Waals surface area contributed by atoms with Crippen molar-refractivity contribution in [3.63, 3.8) is 0 Å². The summed E-state index contributed by atoms with van der Waals surface area (Å²) >= 11 is 15.8. The number of hydrogen-bond donors (Lipinski definition) is 1. The first-order valence-electron chi connectivity index (χ1n) is 9.23. The van der Waals surface area contributed by atoms with Crippen LogP contribution in [0.3, 0.4) is 0 Å². The lowest BCUT2D eigenvalue weighted by Gasteiger charge is -2.14. The van der Waals surface area contributed by atoms with E-state index in [0.717, 1.165) is 4.47 Å². The Bertz CT molecular complexity index is 1230. The maximum Gasteiger partial charge on any atom is 0.344 e. The van der Waals surface area contributed by atoms with Crippen molar-refractivity contribution in [1.82, 2.24) is 9.66 Å². The second-order valence-corrected chi connectivity index (χ2v) is 8.79. The molecule has 3 aromatic rings. The van der Waals surface area contributed by atoms with Gasteiger partial charge in [0.2, 0.25) is 0 Å². The Morgan fingerprint density at radius 3 is 2.45 bits per heavy atom. The summed E-state index contributed by atoms with van der Waals surface area (Å²) in [5.74, 6) is -0.636. The van der Waals surface area contributed by atoms with Crippen molar-refractivity contribution in [2.75, 3.05) is 0 Å². The van der Waals surface area contributed by atoms with E-state index in [1.165, 1.54) is 29.9 Å². The van der Waals surface area contributed by atoms with Crippen LogP contribution < -0.4 is 10.3 Å². The van der Waals surface area contributed by atoms with Gasteiger partial charge < -0.3 is 9.84 Å². The Hall–Kier alpha value is -2.42. The molecule has 0 aliphatic heterocycles. The van der Waals surface area contributed by atoms with Crippen LogP contribution in [0.2, 0.25) is 10.0 Å². The van der Waals surface area contributed by atoms with Crippen molar-refractivity contribution in [2.45, 2.75) is 32.8 Å². The van der Waals surface area contributed by atoms with Crippen molar-refractivity contribution >= 4 is 62.2 Å². The maximum absolute atomic E-state index is 13.1. The van der Waals surface area contributed by atoms with E-state index in [9.17, 15) is 9.59 Å². The fourth-order valence-electron chi connectivity index (χ4n) is 2.77. The standard InChI is InChI=1S/C21H18BrCl2N3O4/c1-10(2)19-26-17-5-4-13(22)8-14(17)20(28)27(19)25-9-12-6-15(23)18(16(24)7-12)31-11(3)21(29)30/h4-11H,1-3H3,(H,29,30)/t11-/m1/s1. The maximum atomic E-state index is 13.1. The van der Waals surface area contributed by atoms with E-state index in [1.807, 2.05) is 19.9 Å². The van der Waals surface area contributed by atoms with E-state index in [-0.39, 0.29) is 27.3 Å². The Morgan fingerprint density at radius 2 is 1.87 bits per heavy atom. The average molecular weight is 527 g/mol. The molecule has 7 nitrogen and oxygen atoms in total. The molecule has 0 saturated carbocycles. The van der Waals surface area contributed by atoms with Crippen molar-refractivity contribution < 1.29 is 14.6 Å². The lowest BCUT2D eigenvalue weighted by Crippen LogP contribution is -2.23. The van der Waals surface area contributed by atoms with E-state index in [2.05, 4.69) is 26.0 Å². The largest absolute Gasteiger partial charge is 0.479 e. The van der Waals surface area contributed by atoms with Gasteiger partial charge >= 0.3 is 5.97 Å². The molecule has 31 heavy (non-hydrogen) atoms. The number of aliphatic carboxylic acids is 1. The van der Waals surface area contributed by atoms with Gasteiger partial charge in [0.1, 0.15) is 5.82 Å². The van der Waals surface area contributed by atoms with Gasteiger partial charge in [0.15, 0.2) is 11.9 Å². The quantitative estimate of drug-likeness (QED) is 0.438. The minimum absolute atomic E-state index is 0.0571. The Kier molecular flexibility index (Phi) is 7.03. The van der Waals surface area contributed by atoms with Crippen LogP contribution in [0.15, 0.2) is 44.7 Å². The first-order valence-corrected chi connectivity index (χ1v) is 10.8. The van der Waals surface area contributed by atoms with Crippen molar-refractivity contribution in [1.29, 1.82) is 0 Å². The highest BCUT2D eigenvalue weighted by molar-refractivity contribution is 9.10. The Labute approximate surface area is 196 Å². The van der Waals surface area contributed by atoms with Crippen LogP contribution in [0.1, 0.15) is 38.1 Å². The topological polar surface area (TPSA) is 93.8 Å². The Morgan fingerprint density at radius 1 is 1.23 bits per heavy atom. The van der Waals surface area contributed by atoms with Crippen LogP contribution in [0, 0.1) is 0 Å². The highest BCUT2D eigenvalue weighted by Crippen LogP contribution is 2.34. The fourth-order valence-corrected chi connectivity index (χ4v) is 3.72. The molecule has 0 saturated heterocycles. The minimum atomic E-state index is -1.14. The van der Waals surface area contributed by atoms with Crippen LogP contribution in [0.25, 0.3) is 10.9 Å². The van der Waals surface area contributed by atoms with Gasteiger partial charge in [0, 0.05) is 10.4 Å². The summed E-state index contributed by atoms with van der Waals surface area (Å²) in [6.45, 7) is 5.21. The molecule has 1 atom stereocenters. The number of carbonyl (C=O) groups is 1. The van der Waals surface area contributed by atoms with E-state index in [0.29, 0.717) is 22.3 Å². The zero-order valence-corrected chi connectivity index (χ0v) is 19.9. The van der Waals surface area contributed by atoms with Gasteiger partial charge in [-0.05, 0) is 42.8 Å². The zero-order chi connectivity index (χ0) is 22.9. The minimum Gasteiger partial charge on any atom is -0.479 e. The highest BCUT2D eigenvalue weighted by atomic mass is 79.9. The van der Waals surface area contributed by atoms with Gasteiger partial charge in [0.25, 0.3) is 5.56 Å². The number of halogens is 3. The molecule has 0 unspecified atom stereocenters. The lowest BCUT2D eigenvalue weighted by atomic mass is 10.2. The molecule has 0 bridgehead atoms. The highest BCUT2D eigenvalue weighted by Gasteiger charge is 2.18. The van der Waals surface area contributed by atoms with Crippen LogP contribution in [-0.4, -0.2) is 33.1 Å². The van der Waals surface area contributed by atoms with Crippen LogP contribution in [0.4, 0.5) is 0 Å². The van der Waals surface area contributed by atoms with Crippen LogP contribution in [0.5, 0.6) is 5.75 Å². The molecule has 0 radical (unpaired) electrons. The molecule has 0 aliphatic rings. The summed E-state index contributed by atoms with van der Waals surface area (Å²) in [7, 11) is 0. The van der Waals surface area contributed by atoms with Gasteiger partial charge in [-0.3, -0.25) is 4.79 Å². The number of ether oxygens (including phenoxy) is 1. The summed E-state index contributed by atoms with van der Waals surface area (Å²) in [6.07, 6.45) is 0.311. The van der Waals surface area contributed by atoms with Gasteiger partial charge in [-0.2, -0.15) is 9.78 Å². The van der Waals surface area contributed by atoms with Crippen molar-refractivity contribution in [3.8, 4) is 5.75 Å². The van der Waals surface area contributed by atoms with E-state index < -0.39 is 12.1 Å². The fraction of sp³-hybridized carbons (Fsp3) is 0.238. The smallest absolute Gasteiger partial charge is 0.344 e. The molecular weight excluding hydrogens is 509 g/mol. The number of fused-ring (bicyclic) bond motifs is 1. The first-order chi connectivity index (χ1) is 14.6. The number of carboxylic acid groups (broad SMARTS) is 1. The molecule has 2 aromatic carbocycles. The number of nitrogens with zero attached hydrogens (tertiary/aromatic N) is 3. The number of aromatic nitrogens is 2. The van der Waals surface area contributed by atoms with Gasteiger partial charge in [-0.25, -0.2) is 9.78 Å². The predicted octanol–water partition coefficient (Wildman–Crippen LogP) is 5.32. The summed E-state index contributed by atoms with van der Waals surface area (Å²) in [5, 5.41) is 14.0. The lowest BCUT2D eigenvalue weighted by molar-refractivity contribution is -0.144. The predicted molar refractivity (Wildman–Crippen MR) is 125 cm³/mol. The molecule has 3 rings (SSSR count). The molecule has 0 aliphatic carbocycles. The van der Waals surface area contributed by atoms with E-state index >= 15 is 0 Å². The first kappa shape index (κ1) is 23.2. The SMILES string of the molecule is CC(C)c1nc2ccc(Br)cc2c(=O)n1N=Cc1cc(Cl)c(O[C@H](C)C(=O)O)c(Cl)c1. The molecule has 10 heteroatoms. The third kappa shape index (κ3) is 5.08. The third-order valence-electron chi connectivity index (χ3n) is 4.34. The second-order valence-electron chi connectivity index (χ2n) is 7.06. The summed E-state index contributed by atoms with van der Waals surface area (Å²) in [5.41, 5.74) is 0.781. The number of benzene rings is 2. The van der Waals surface area contributed by atoms with Crippen molar-refractivity contribution in [2.24, 2.45) is 5.10 Å². The molecule has 0 fully saturated rings. The zero-order valence-electron chi connectivity index (χ0n) is 16.8. The molecule has 1 aromatic heterocycles. The van der Waals surface area contributed by atoms with Crippen molar-refractivity contribution in [3.05, 3.63) is 66.6 Å². The molecule has 1 heterocycles. The molecular formula is C21H18BrCl2N3O4. The summed E-state index contributed by atoms with van der Waals surface area (Å²) in [6, 6.07) is 8.34. The van der Waals surface area contributed by atoms with Gasteiger partial charge in [0.05, 0.1) is 27.2 Å². The molecule has 162 valence electrons. The number of hydrogen-bond acceptors (Lipinski definition) is 5. The van der Waals surface area contributed by atoms with Gasteiger partial charge in [-0.1, -0.05) is 53.0 Å². The Balaban J connectivity index is 2.05.